The molecule has 0 aliphatic heterocycles. The highest BCUT2D eigenvalue weighted by atomic mass is 31.2. The average Bonchev–Trinajstić information content (AvgIpc) is 3.28. The number of hydrogen-bond acceptors (Lipinski definition) is 15. The van der Waals surface area contributed by atoms with Crippen LogP contribution in [-0.2, 0) is 41.8 Å². The molecule has 9 N–H and O–H groups in total. The van der Waals surface area contributed by atoms with E-state index in [2.05, 4.69) is 54.8 Å². The van der Waals surface area contributed by atoms with E-state index in [0.29, 0.717) is 12.8 Å². The van der Waals surface area contributed by atoms with Crippen LogP contribution >= 0.6 is 15.6 Å². The lowest BCUT2D eigenvalue weighted by molar-refractivity contribution is -0.216. The summed E-state index contributed by atoms with van der Waals surface area (Å²) >= 11 is 0. The molecule has 20 heteroatoms. The van der Waals surface area contributed by atoms with Gasteiger partial charge in [0.05, 0.1) is 18.8 Å². The fraction of sp³-hybridized carbons (Fsp3) is 0.745. The number of carbonyl (C=O) groups is 2. The summed E-state index contributed by atoms with van der Waals surface area (Å²) in [6, 6.07) is 0. The molecule has 18 nitrogen and oxygen atoms in total. The third-order valence-electron chi connectivity index (χ3n) is 10.8. The first-order valence-electron chi connectivity index (χ1n) is 24.0. The minimum absolute atomic E-state index is 0.0234. The van der Waals surface area contributed by atoms with Crippen molar-refractivity contribution in [3.05, 3.63) is 60.8 Å². The quantitative estimate of drug-likeness (QED) is 0.0130. The van der Waals surface area contributed by atoms with Gasteiger partial charge < -0.3 is 54.8 Å². The molecule has 0 spiro atoms. The van der Waals surface area contributed by atoms with Crippen LogP contribution in [0, 0.1) is 0 Å². The lowest BCUT2D eigenvalue weighted by Gasteiger charge is -2.43. The average molecular weight is 997 g/mol. The van der Waals surface area contributed by atoms with Crippen molar-refractivity contribution < 1.29 is 87.1 Å². The molecule has 388 valence electrons. The molecule has 1 saturated carbocycles. The van der Waals surface area contributed by atoms with Crippen LogP contribution in [0.25, 0.3) is 0 Å². The van der Waals surface area contributed by atoms with E-state index in [-0.39, 0.29) is 32.1 Å². The van der Waals surface area contributed by atoms with Gasteiger partial charge in [0.25, 0.3) is 0 Å². The van der Waals surface area contributed by atoms with Crippen LogP contribution < -0.4 is 0 Å². The number of esters is 2. The fourth-order valence-corrected chi connectivity index (χ4v) is 8.47. The molecule has 0 saturated heterocycles. The summed E-state index contributed by atoms with van der Waals surface area (Å²) in [7, 11) is -10.8. The zero-order valence-electron chi connectivity index (χ0n) is 39.5. The Morgan fingerprint density at radius 1 is 0.552 bits per heavy atom. The molecule has 1 fully saturated rings. The molecule has 1 aliphatic rings. The molecule has 0 bridgehead atoms. The molecule has 1 aliphatic carbocycles. The first kappa shape index (κ1) is 62.6. The van der Waals surface area contributed by atoms with Crippen molar-refractivity contribution in [2.24, 2.45) is 0 Å². The smallest absolute Gasteiger partial charge is 0.462 e. The Labute approximate surface area is 397 Å². The van der Waals surface area contributed by atoms with Crippen molar-refractivity contribution in [1.82, 2.24) is 0 Å². The Bertz CT molecular complexity index is 1560. The Morgan fingerprint density at radius 3 is 1.63 bits per heavy atom. The number of unbranched alkanes of at least 4 members (excludes halogenated alkanes) is 11. The summed E-state index contributed by atoms with van der Waals surface area (Å²) in [6.07, 6.45) is 20.4. The number of allylic oxidation sites excluding steroid dienone is 9. The molecule has 0 amide bonds. The largest absolute Gasteiger partial charge is 0.472 e. The van der Waals surface area contributed by atoms with Crippen molar-refractivity contribution in [3.8, 4) is 0 Å². The van der Waals surface area contributed by atoms with Gasteiger partial charge >= 0.3 is 27.6 Å². The van der Waals surface area contributed by atoms with Crippen LogP contribution in [0.2, 0.25) is 0 Å². The molecule has 10 atom stereocenters. The molecule has 0 aromatic heterocycles. The number of aliphatic hydroxyl groups excluding tert-OH is 6. The number of phosphoric ester groups is 2. The van der Waals surface area contributed by atoms with E-state index >= 15 is 0 Å². The molecule has 0 aromatic carbocycles. The van der Waals surface area contributed by atoms with Gasteiger partial charge in [0.2, 0.25) is 0 Å². The lowest BCUT2D eigenvalue weighted by Crippen LogP contribution is -2.64. The van der Waals surface area contributed by atoms with Crippen LogP contribution in [0.5, 0.6) is 0 Å². The monoisotopic (exact) mass is 996 g/mol. The number of ether oxygens (including phenoxy) is 2. The maximum absolute atomic E-state index is 13.0. The van der Waals surface area contributed by atoms with E-state index in [9.17, 15) is 64.0 Å². The Hall–Kier alpha value is -2.38. The van der Waals surface area contributed by atoms with E-state index < -0.39 is 95.7 Å². The fourth-order valence-electron chi connectivity index (χ4n) is 6.93. The molecule has 0 radical (unpaired) electrons. The Kier molecular flexibility index (Phi) is 35.0. The second-order valence-corrected chi connectivity index (χ2v) is 19.3. The number of rotatable bonds is 39. The van der Waals surface area contributed by atoms with Crippen molar-refractivity contribution in [2.75, 3.05) is 13.2 Å². The summed E-state index contributed by atoms with van der Waals surface area (Å²) in [5.41, 5.74) is 0. The van der Waals surface area contributed by atoms with Gasteiger partial charge in [-0.2, -0.15) is 0 Å². The van der Waals surface area contributed by atoms with Crippen molar-refractivity contribution in [3.63, 3.8) is 0 Å². The van der Waals surface area contributed by atoms with E-state index in [1.807, 2.05) is 18.2 Å². The molecular weight excluding hydrogens is 914 g/mol. The third kappa shape index (κ3) is 31.5. The third-order valence-corrected chi connectivity index (χ3v) is 12.3. The highest BCUT2D eigenvalue weighted by molar-refractivity contribution is 7.47. The maximum Gasteiger partial charge on any atom is 0.472 e. The number of hydrogen-bond donors (Lipinski definition) is 9. The molecule has 0 heterocycles. The van der Waals surface area contributed by atoms with Gasteiger partial charge in [0.1, 0.15) is 43.2 Å². The van der Waals surface area contributed by atoms with E-state index in [1.165, 1.54) is 25.7 Å². The SMILES string of the molecule is CC/C=C\C/C=C\C/C=C\C/C=C\C[C@@H](O)[C@H](O)CCCC(=O)O[C@H](COC(=O)CCCCCCCCC/C=C\CCCCCC)COP(=O)(O)O[C@H]1C(O)C(O)C(O)[C@@H](OP(=O)(O)O)C1O. The standard InChI is InChI=1S/C47H82O18P2/c1-3-5-7-9-11-13-15-17-18-19-21-23-25-27-29-33-40(50)61-35-37(36-62-67(59,60)65-47-44(54)42(52)43(53)46(45(47)55)64-66(56,57)58)63-41(51)34-30-32-39(49)38(48)31-28-26-24-22-20-16-14-12-10-8-6-4-2/h6,8,12-15,20,22,26,28,37-39,42-49,52-55H,3-5,7,9-11,16-19,21,23-25,27,29-36H2,1-2H3,(H,59,60)(H2,56,57,58)/b8-6-,14-12-,15-13-,22-20-,28-26-/t37-,38-,39-,42?,43?,44?,45?,46-,47+/m1/s1. The van der Waals surface area contributed by atoms with Crippen LogP contribution in [0.4, 0.5) is 0 Å². The van der Waals surface area contributed by atoms with Gasteiger partial charge in [0.15, 0.2) is 6.10 Å². The highest BCUT2D eigenvalue weighted by Crippen LogP contribution is 2.49. The Morgan fingerprint density at radius 2 is 1.06 bits per heavy atom. The summed E-state index contributed by atoms with van der Waals surface area (Å²) in [4.78, 5) is 54.3. The number of carbonyl (C=O) groups excluding carboxylic acids is 2. The van der Waals surface area contributed by atoms with Crippen molar-refractivity contribution in [1.29, 1.82) is 0 Å². The second kappa shape index (κ2) is 37.4. The normalized spacial score (nSPS) is 22.9. The summed E-state index contributed by atoms with van der Waals surface area (Å²) in [5, 5.41) is 62.1. The summed E-state index contributed by atoms with van der Waals surface area (Å²) < 4.78 is 49.2. The van der Waals surface area contributed by atoms with Gasteiger partial charge in [-0.1, -0.05) is 126 Å². The van der Waals surface area contributed by atoms with Gasteiger partial charge in [-0.15, -0.1) is 0 Å². The van der Waals surface area contributed by atoms with Gasteiger partial charge in [-0.3, -0.25) is 23.2 Å². The van der Waals surface area contributed by atoms with Crippen molar-refractivity contribution in [2.45, 2.75) is 210 Å². The minimum atomic E-state index is -5.40. The zero-order chi connectivity index (χ0) is 49.9. The summed E-state index contributed by atoms with van der Waals surface area (Å²) in [5.74, 6) is -1.50. The second-order valence-electron chi connectivity index (χ2n) is 16.8. The molecule has 1 rings (SSSR count). The van der Waals surface area contributed by atoms with Gasteiger partial charge in [-0.05, 0) is 77.0 Å². The first-order chi connectivity index (χ1) is 31.9. The van der Waals surface area contributed by atoms with Crippen LogP contribution in [0.15, 0.2) is 60.8 Å². The van der Waals surface area contributed by atoms with Gasteiger partial charge in [-0.25, -0.2) is 9.13 Å². The van der Waals surface area contributed by atoms with Crippen LogP contribution in [0.1, 0.15) is 155 Å². The predicted molar refractivity (Wildman–Crippen MR) is 253 cm³/mol. The lowest BCUT2D eigenvalue weighted by atomic mass is 9.85. The van der Waals surface area contributed by atoms with Crippen LogP contribution in [0.3, 0.4) is 0 Å². The molecule has 5 unspecified atom stereocenters. The topological polar surface area (TPSA) is 296 Å². The maximum atomic E-state index is 13.0. The predicted octanol–water partition coefficient (Wildman–Crippen LogP) is 7.00. The number of phosphoric acid groups is 2. The molecule has 0 aromatic rings. The summed E-state index contributed by atoms with van der Waals surface area (Å²) in [6.45, 7) is 2.73. The van der Waals surface area contributed by atoms with E-state index in [1.54, 1.807) is 6.08 Å². The van der Waals surface area contributed by atoms with Crippen molar-refractivity contribution >= 4 is 27.6 Å². The van der Waals surface area contributed by atoms with E-state index in [0.717, 1.165) is 70.6 Å². The molecular formula is C47H82O18P2. The zero-order valence-corrected chi connectivity index (χ0v) is 41.3. The first-order valence-corrected chi connectivity index (χ1v) is 27.0. The van der Waals surface area contributed by atoms with E-state index in [4.69, 9.17) is 18.5 Å². The highest BCUT2D eigenvalue weighted by Gasteiger charge is 2.54. The Balaban J connectivity index is 2.71. The minimum Gasteiger partial charge on any atom is -0.462 e. The number of aliphatic hydroxyl groups is 6. The molecule has 67 heavy (non-hydrogen) atoms. The van der Waals surface area contributed by atoms with Crippen LogP contribution in [-0.4, -0.2) is 125 Å². The van der Waals surface area contributed by atoms with Gasteiger partial charge in [0, 0.05) is 12.8 Å².